The van der Waals surface area contributed by atoms with Crippen LogP contribution in [-0.4, -0.2) is 21.7 Å². The molecule has 3 N–H and O–H groups in total. The number of anilines is 1. The molecule has 0 saturated carbocycles. The number of aromatic amines is 1. The molecule has 2 aromatic heterocycles. The molecular formula is C36H33F2N5. The van der Waals surface area contributed by atoms with Gasteiger partial charge in [-0.3, -0.25) is 10.1 Å². The Balaban J connectivity index is 1.40. The van der Waals surface area contributed by atoms with Crippen LogP contribution >= 0.6 is 0 Å². The summed E-state index contributed by atoms with van der Waals surface area (Å²) in [7, 11) is 0. The molecule has 216 valence electrons. The van der Waals surface area contributed by atoms with Crippen LogP contribution in [0.5, 0.6) is 0 Å². The smallest absolute Gasteiger partial charge is 0.161 e. The summed E-state index contributed by atoms with van der Waals surface area (Å²) in [6.45, 7) is 13.2. The monoisotopic (exact) mass is 573 g/mol. The van der Waals surface area contributed by atoms with Crippen LogP contribution in [0, 0.1) is 18.6 Å². The molecule has 0 aliphatic rings. The fourth-order valence-electron chi connectivity index (χ4n) is 4.95. The van der Waals surface area contributed by atoms with Crippen molar-refractivity contribution in [3.8, 4) is 11.1 Å². The van der Waals surface area contributed by atoms with Crippen molar-refractivity contribution >= 4 is 27.9 Å². The summed E-state index contributed by atoms with van der Waals surface area (Å²) in [5.41, 5.74) is 7.73. The molecule has 3 aromatic carbocycles. The number of rotatable bonds is 11. The second-order valence-corrected chi connectivity index (χ2v) is 10.1. The van der Waals surface area contributed by atoms with Crippen molar-refractivity contribution in [3.63, 3.8) is 0 Å². The first-order chi connectivity index (χ1) is 20.9. The lowest BCUT2D eigenvalue weighted by molar-refractivity contribution is 0.628. The van der Waals surface area contributed by atoms with E-state index in [-0.39, 0.29) is 11.5 Å². The summed E-state index contributed by atoms with van der Waals surface area (Å²) in [5, 5.41) is 14.3. The van der Waals surface area contributed by atoms with Gasteiger partial charge < -0.3 is 10.6 Å². The zero-order valence-corrected chi connectivity index (χ0v) is 24.2. The van der Waals surface area contributed by atoms with Crippen LogP contribution in [0.4, 0.5) is 14.5 Å². The Labute approximate surface area is 250 Å². The molecule has 0 saturated heterocycles. The minimum Gasteiger partial charge on any atom is -0.354 e. The van der Waals surface area contributed by atoms with Gasteiger partial charge in [0.15, 0.2) is 5.82 Å². The zero-order valence-electron chi connectivity index (χ0n) is 24.2. The van der Waals surface area contributed by atoms with Crippen LogP contribution in [-0.2, 0) is 6.54 Å². The van der Waals surface area contributed by atoms with Gasteiger partial charge in [-0.05, 0) is 71.5 Å². The predicted octanol–water partition coefficient (Wildman–Crippen LogP) is 8.60. The Kier molecular flexibility index (Phi) is 9.03. The van der Waals surface area contributed by atoms with E-state index in [4.69, 9.17) is 0 Å². The first-order valence-electron chi connectivity index (χ1n) is 14.0. The predicted molar refractivity (Wildman–Crippen MR) is 173 cm³/mol. The highest BCUT2D eigenvalue weighted by Gasteiger charge is 2.20. The third-order valence-electron chi connectivity index (χ3n) is 7.29. The average molecular weight is 574 g/mol. The summed E-state index contributed by atoms with van der Waals surface area (Å²) in [4.78, 5) is 4.42. The molecular weight excluding hydrogens is 540 g/mol. The van der Waals surface area contributed by atoms with E-state index in [1.165, 1.54) is 17.7 Å². The lowest BCUT2D eigenvalue weighted by Crippen LogP contribution is -2.16. The Morgan fingerprint density at radius 2 is 1.74 bits per heavy atom. The number of fused-ring (bicyclic) bond motifs is 1. The molecule has 5 aromatic rings. The third-order valence-corrected chi connectivity index (χ3v) is 7.29. The first kappa shape index (κ1) is 29.4. The van der Waals surface area contributed by atoms with Crippen molar-refractivity contribution in [2.75, 3.05) is 11.9 Å². The van der Waals surface area contributed by atoms with E-state index in [0.717, 1.165) is 28.0 Å². The van der Waals surface area contributed by atoms with Crippen molar-refractivity contribution in [1.82, 2.24) is 20.5 Å². The van der Waals surface area contributed by atoms with Crippen LogP contribution in [0.2, 0.25) is 0 Å². The first-order valence-corrected chi connectivity index (χ1v) is 14.0. The second kappa shape index (κ2) is 13.2. The Morgan fingerprint density at radius 1 is 0.977 bits per heavy atom. The van der Waals surface area contributed by atoms with Crippen molar-refractivity contribution < 1.29 is 8.78 Å². The average Bonchev–Trinajstić information content (AvgIpc) is 3.47. The number of hydrogen-bond donors (Lipinski definition) is 3. The molecule has 7 heteroatoms. The number of aromatic nitrogens is 3. The van der Waals surface area contributed by atoms with E-state index in [1.807, 2.05) is 62.4 Å². The molecule has 0 aliphatic heterocycles. The topological polar surface area (TPSA) is 65.6 Å². The van der Waals surface area contributed by atoms with Crippen molar-refractivity contribution in [2.24, 2.45) is 0 Å². The van der Waals surface area contributed by atoms with Crippen LogP contribution in [0.1, 0.15) is 29.4 Å². The van der Waals surface area contributed by atoms with Crippen LogP contribution in [0.25, 0.3) is 33.3 Å². The quantitative estimate of drug-likeness (QED) is 0.138. The summed E-state index contributed by atoms with van der Waals surface area (Å²) in [6.07, 6.45) is 7.06. The molecule has 5 rings (SSSR count). The molecule has 0 aliphatic carbocycles. The van der Waals surface area contributed by atoms with Crippen molar-refractivity contribution in [1.29, 1.82) is 0 Å². The standard InChI is InChI=1S/C36H33F2N5/c1-5-25(20-39-21-26-11-8-7-9-12-26)19-27(6-2)36-34(38)33-32(22-40-36)42-43-35(33)24(4)41-31-14-10-13-30(23(31)3)28-15-17-29(37)18-16-28/h5-19,22,39,41H,1,4,20-21H2,2-3H3,(H,42,43)/b25-19+,27-6+. The molecule has 0 bridgehead atoms. The highest BCUT2D eigenvalue weighted by molar-refractivity contribution is 5.95. The van der Waals surface area contributed by atoms with Gasteiger partial charge in [0, 0.05) is 18.8 Å². The third kappa shape index (κ3) is 6.52. The van der Waals surface area contributed by atoms with E-state index in [0.29, 0.717) is 41.0 Å². The van der Waals surface area contributed by atoms with Crippen LogP contribution in [0.3, 0.4) is 0 Å². The molecule has 5 nitrogen and oxygen atoms in total. The van der Waals surface area contributed by atoms with Gasteiger partial charge in [-0.1, -0.05) is 79.9 Å². The Morgan fingerprint density at radius 3 is 2.47 bits per heavy atom. The minimum absolute atomic E-state index is 0.211. The number of benzene rings is 3. The second-order valence-electron chi connectivity index (χ2n) is 10.1. The maximum atomic E-state index is 16.2. The Hall–Kier alpha value is -5.14. The number of allylic oxidation sites excluding steroid dienone is 3. The molecule has 0 spiro atoms. The van der Waals surface area contributed by atoms with Gasteiger partial charge in [-0.15, -0.1) is 0 Å². The zero-order chi connectivity index (χ0) is 30.3. The number of pyridine rings is 1. The molecule has 0 unspecified atom stereocenters. The van der Waals surface area contributed by atoms with Gasteiger partial charge in [0.1, 0.15) is 17.2 Å². The van der Waals surface area contributed by atoms with Crippen molar-refractivity contribution in [2.45, 2.75) is 20.4 Å². The number of nitrogens with zero attached hydrogens (tertiary/aromatic N) is 2. The number of hydrogen-bond acceptors (Lipinski definition) is 4. The molecule has 0 fully saturated rings. The molecule has 0 radical (unpaired) electrons. The minimum atomic E-state index is -0.494. The normalized spacial score (nSPS) is 12.0. The van der Waals surface area contributed by atoms with Gasteiger partial charge in [0.25, 0.3) is 0 Å². The highest BCUT2D eigenvalue weighted by Crippen LogP contribution is 2.33. The van der Waals surface area contributed by atoms with Gasteiger partial charge >= 0.3 is 0 Å². The SMILES string of the molecule is C=C/C(=C\C(=C/C)c1ncc2[nH]nc(C(=C)Nc3cccc(-c4ccc(F)cc4)c3C)c2c1F)CNCc1ccccc1. The largest absolute Gasteiger partial charge is 0.354 e. The van der Waals surface area contributed by atoms with Gasteiger partial charge in [-0.25, -0.2) is 8.78 Å². The number of nitrogens with one attached hydrogen (secondary N) is 3. The van der Waals surface area contributed by atoms with Crippen LogP contribution < -0.4 is 10.6 Å². The van der Waals surface area contributed by atoms with E-state index in [9.17, 15) is 4.39 Å². The highest BCUT2D eigenvalue weighted by atomic mass is 19.1. The number of H-pyrrole nitrogens is 1. The lowest BCUT2D eigenvalue weighted by atomic mass is 9.99. The van der Waals surface area contributed by atoms with E-state index in [2.05, 4.69) is 51.1 Å². The molecule has 2 heterocycles. The van der Waals surface area contributed by atoms with E-state index >= 15 is 4.39 Å². The van der Waals surface area contributed by atoms with Crippen molar-refractivity contribution in [3.05, 3.63) is 150 Å². The van der Waals surface area contributed by atoms with Gasteiger partial charge in [0.2, 0.25) is 0 Å². The number of halogens is 2. The van der Waals surface area contributed by atoms with Crippen LogP contribution in [0.15, 0.2) is 116 Å². The summed E-state index contributed by atoms with van der Waals surface area (Å²) in [5.74, 6) is -0.784. The van der Waals surface area contributed by atoms with Gasteiger partial charge in [0.05, 0.1) is 22.8 Å². The Bertz CT molecular complexity index is 1830. The molecule has 43 heavy (non-hydrogen) atoms. The molecule has 0 atom stereocenters. The van der Waals surface area contributed by atoms with Gasteiger partial charge in [-0.2, -0.15) is 5.10 Å². The summed E-state index contributed by atoms with van der Waals surface area (Å²) in [6, 6.07) is 22.3. The molecule has 0 amide bonds. The fraction of sp³-hybridized carbons (Fsp3) is 0.111. The summed E-state index contributed by atoms with van der Waals surface area (Å²) < 4.78 is 29.7. The summed E-state index contributed by atoms with van der Waals surface area (Å²) >= 11 is 0. The maximum Gasteiger partial charge on any atom is 0.161 e. The maximum absolute atomic E-state index is 16.2. The van der Waals surface area contributed by atoms with E-state index < -0.39 is 5.82 Å². The van der Waals surface area contributed by atoms with E-state index in [1.54, 1.807) is 24.4 Å². The lowest BCUT2D eigenvalue weighted by Gasteiger charge is -2.15. The fourth-order valence-corrected chi connectivity index (χ4v) is 4.95.